The first kappa shape index (κ1) is 14.8. The second-order valence-electron chi connectivity index (χ2n) is 5.61. The first-order valence-corrected chi connectivity index (χ1v) is 8.30. The SMILES string of the molecule is CN(C)C(=O)Nc1cccc(-c2csc(N3CCCC3)n2)c1. The van der Waals surface area contributed by atoms with Crippen molar-refractivity contribution in [3.8, 4) is 11.3 Å². The number of nitrogens with one attached hydrogen (secondary N) is 1. The summed E-state index contributed by atoms with van der Waals surface area (Å²) in [5, 5.41) is 6.04. The minimum absolute atomic E-state index is 0.131. The highest BCUT2D eigenvalue weighted by Crippen LogP contribution is 2.30. The van der Waals surface area contributed by atoms with Gasteiger partial charge < -0.3 is 15.1 Å². The summed E-state index contributed by atoms with van der Waals surface area (Å²) in [5.41, 5.74) is 2.78. The standard InChI is InChI=1S/C16H20N4OS/c1-19(2)15(21)17-13-7-5-6-12(10-13)14-11-22-16(18-14)20-8-3-4-9-20/h5-7,10-11H,3-4,8-9H2,1-2H3,(H,17,21). The zero-order valence-electron chi connectivity index (χ0n) is 12.9. The maximum atomic E-state index is 11.7. The van der Waals surface area contributed by atoms with Gasteiger partial charge in [-0.25, -0.2) is 9.78 Å². The van der Waals surface area contributed by atoms with Crippen LogP contribution in [0.2, 0.25) is 0 Å². The molecule has 3 rings (SSSR count). The van der Waals surface area contributed by atoms with Crippen LogP contribution in [0.1, 0.15) is 12.8 Å². The van der Waals surface area contributed by atoms with Crippen molar-refractivity contribution in [1.29, 1.82) is 0 Å². The van der Waals surface area contributed by atoms with Gasteiger partial charge >= 0.3 is 6.03 Å². The van der Waals surface area contributed by atoms with Crippen LogP contribution in [0.4, 0.5) is 15.6 Å². The molecule has 2 amide bonds. The molecule has 0 aliphatic carbocycles. The van der Waals surface area contributed by atoms with Crippen LogP contribution in [0, 0.1) is 0 Å². The third-order valence-corrected chi connectivity index (χ3v) is 4.59. The number of hydrogen-bond donors (Lipinski definition) is 1. The third-order valence-electron chi connectivity index (χ3n) is 3.68. The van der Waals surface area contributed by atoms with E-state index in [-0.39, 0.29) is 6.03 Å². The summed E-state index contributed by atoms with van der Waals surface area (Å²) in [6.07, 6.45) is 2.50. The fourth-order valence-electron chi connectivity index (χ4n) is 2.44. The quantitative estimate of drug-likeness (QED) is 0.943. The van der Waals surface area contributed by atoms with Crippen molar-refractivity contribution >= 4 is 28.2 Å². The van der Waals surface area contributed by atoms with Gasteiger partial charge in [-0.05, 0) is 25.0 Å². The number of carbonyl (C=O) groups excluding carboxylic acids is 1. The Bertz CT molecular complexity index is 662. The summed E-state index contributed by atoms with van der Waals surface area (Å²) in [6.45, 7) is 2.21. The predicted molar refractivity (Wildman–Crippen MR) is 91.7 cm³/mol. The van der Waals surface area contributed by atoms with E-state index in [9.17, 15) is 4.79 Å². The number of hydrogen-bond acceptors (Lipinski definition) is 4. The van der Waals surface area contributed by atoms with Gasteiger partial charge in [-0.2, -0.15) is 0 Å². The van der Waals surface area contributed by atoms with Gasteiger partial charge in [0, 0.05) is 43.8 Å². The lowest BCUT2D eigenvalue weighted by Crippen LogP contribution is -2.27. The van der Waals surface area contributed by atoms with Crippen molar-refractivity contribution in [1.82, 2.24) is 9.88 Å². The van der Waals surface area contributed by atoms with Crippen LogP contribution in [0.5, 0.6) is 0 Å². The molecule has 0 bridgehead atoms. The van der Waals surface area contributed by atoms with E-state index in [0.29, 0.717) is 0 Å². The molecule has 1 fully saturated rings. The highest BCUT2D eigenvalue weighted by Gasteiger charge is 2.16. The topological polar surface area (TPSA) is 48.5 Å². The molecule has 1 aliphatic heterocycles. The zero-order chi connectivity index (χ0) is 15.5. The number of nitrogens with zero attached hydrogens (tertiary/aromatic N) is 3. The molecule has 22 heavy (non-hydrogen) atoms. The van der Waals surface area contributed by atoms with Gasteiger partial charge in [0.05, 0.1) is 5.69 Å². The molecule has 0 saturated carbocycles. The third kappa shape index (κ3) is 3.22. The zero-order valence-corrected chi connectivity index (χ0v) is 13.7. The molecule has 5 nitrogen and oxygen atoms in total. The number of thiazole rings is 1. The summed E-state index contributed by atoms with van der Waals surface area (Å²) in [7, 11) is 3.45. The van der Waals surface area contributed by atoms with Crippen molar-refractivity contribution in [2.45, 2.75) is 12.8 Å². The lowest BCUT2D eigenvalue weighted by molar-refractivity contribution is 0.230. The van der Waals surface area contributed by atoms with E-state index in [1.54, 1.807) is 25.4 Å². The van der Waals surface area contributed by atoms with E-state index in [2.05, 4.69) is 15.6 Å². The summed E-state index contributed by atoms with van der Waals surface area (Å²) in [5.74, 6) is 0. The molecular weight excluding hydrogens is 296 g/mol. The average Bonchev–Trinajstić information content (AvgIpc) is 3.18. The van der Waals surface area contributed by atoms with Crippen LogP contribution in [0.15, 0.2) is 29.6 Å². The maximum absolute atomic E-state index is 11.7. The molecule has 116 valence electrons. The van der Waals surface area contributed by atoms with Gasteiger partial charge in [-0.15, -0.1) is 11.3 Å². The van der Waals surface area contributed by atoms with Crippen molar-refractivity contribution in [3.63, 3.8) is 0 Å². The summed E-state index contributed by atoms with van der Waals surface area (Å²) in [6, 6.07) is 7.68. The highest BCUT2D eigenvalue weighted by atomic mass is 32.1. The number of amides is 2. The van der Waals surface area contributed by atoms with Crippen molar-refractivity contribution in [2.75, 3.05) is 37.4 Å². The molecule has 0 atom stereocenters. The fourth-order valence-corrected chi connectivity index (χ4v) is 3.33. The fraction of sp³-hybridized carbons (Fsp3) is 0.375. The predicted octanol–water partition coefficient (Wildman–Crippen LogP) is 3.50. The number of anilines is 2. The number of carbonyl (C=O) groups is 1. The number of urea groups is 1. The van der Waals surface area contributed by atoms with Gasteiger partial charge in [0.25, 0.3) is 0 Å². The van der Waals surface area contributed by atoms with Crippen molar-refractivity contribution < 1.29 is 4.79 Å². The Balaban J connectivity index is 1.78. The van der Waals surface area contributed by atoms with Gasteiger partial charge in [0.15, 0.2) is 5.13 Å². The van der Waals surface area contributed by atoms with E-state index in [4.69, 9.17) is 4.98 Å². The van der Waals surface area contributed by atoms with Crippen molar-refractivity contribution in [3.05, 3.63) is 29.6 Å². The van der Waals surface area contributed by atoms with E-state index < -0.39 is 0 Å². The van der Waals surface area contributed by atoms with Crippen LogP contribution in [0.3, 0.4) is 0 Å². The number of aromatic nitrogens is 1. The number of benzene rings is 1. The second-order valence-corrected chi connectivity index (χ2v) is 6.45. The van der Waals surface area contributed by atoms with Gasteiger partial charge in [0.1, 0.15) is 0 Å². The van der Waals surface area contributed by atoms with E-state index in [0.717, 1.165) is 35.2 Å². The largest absolute Gasteiger partial charge is 0.348 e. The van der Waals surface area contributed by atoms with Gasteiger partial charge in [-0.1, -0.05) is 12.1 Å². The minimum atomic E-state index is -0.131. The van der Waals surface area contributed by atoms with Crippen LogP contribution in [-0.2, 0) is 0 Å². The maximum Gasteiger partial charge on any atom is 0.321 e. The van der Waals surface area contributed by atoms with Crippen LogP contribution in [-0.4, -0.2) is 43.1 Å². The Morgan fingerprint density at radius 1 is 1.32 bits per heavy atom. The van der Waals surface area contributed by atoms with Crippen LogP contribution >= 0.6 is 11.3 Å². The summed E-state index contributed by atoms with van der Waals surface area (Å²) < 4.78 is 0. The Hall–Kier alpha value is -2.08. The van der Waals surface area contributed by atoms with Gasteiger partial charge in [-0.3, -0.25) is 0 Å². The smallest absolute Gasteiger partial charge is 0.321 e. The average molecular weight is 316 g/mol. The highest BCUT2D eigenvalue weighted by molar-refractivity contribution is 7.14. The molecule has 1 N–H and O–H groups in total. The first-order chi connectivity index (χ1) is 10.6. The normalized spacial score (nSPS) is 14.2. The van der Waals surface area contributed by atoms with E-state index in [1.165, 1.54) is 17.7 Å². The summed E-state index contributed by atoms with van der Waals surface area (Å²) >= 11 is 1.69. The Labute approximate surface area is 134 Å². The lowest BCUT2D eigenvalue weighted by Gasteiger charge is -2.13. The van der Waals surface area contributed by atoms with Gasteiger partial charge in [0.2, 0.25) is 0 Å². The lowest BCUT2D eigenvalue weighted by atomic mass is 10.1. The molecule has 1 aromatic carbocycles. The van der Waals surface area contributed by atoms with E-state index >= 15 is 0 Å². The molecular formula is C16H20N4OS. The second kappa shape index (κ2) is 6.36. The monoisotopic (exact) mass is 316 g/mol. The van der Waals surface area contributed by atoms with Crippen molar-refractivity contribution in [2.24, 2.45) is 0 Å². The summed E-state index contributed by atoms with van der Waals surface area (Å²) in [4.78, 5) is 20.3. The molecule has 2 aromatic rings. The minimum Gasteiger partial charge on any atom is -0.348 e. The van der Waals surface area contributed by atoms with Crippen LogP contribution < -0.4 is 10.2 Å². The molecule has 0 spiro atoms. The number of rotatable bonds is 3. The molecule has 0 unspecified atom stereocenters. The Morgan fingerprint density at radius 2 is 2.09 bits per heavy atom. The van der Waals surface area contributed by atoms with E-state index in [1.807, 2.05) is 24.3 Å². The molecule has 1 saturated heterocycles. The molecule has 6 heteroatoms. The molecule has 2 heterocycles. The molecule has 1 aliphatic rings. The molecule has 1 aromatic heterocycles. The van der Waals surface area contributed by atoms with Crippen LogP contribution in [0.25, 0.3) is 11.3 Å². The first-order valence-electron chi connectivity index (χ1n) is 7.43. The Kier molecular flexibility index (Phi) is 4.29. The molecule has 0 radical (unpaired) electrons. The Morgan fingerprint density at radius 3 is 2.82 bits per heavy atom.